The van der Waals surface area contributed by atoms with Crippen LogP contribution in [0.15, 0.2) is 23.9 Å². The Bertz CT molecular complexity index is 510. The largest absolute Gasteiger partial charge is 0.363 e. The van der Waals surface area contributed by atoms with E-state index in [-0.39, 0.29) is 0 Å². The van der Waals surface area contributed by atoms with Crippen LogP contribution in [0.1, 0.15) is 19.5 Å². The fraction of sp³-hybridized carbons (Fsp3) is 0.250. The lowest BCUT2D eigenvalue weighted by molar-refractivity contribution is 1.08. The molecule has 0 radical (unpaired) electrons. The molecule has 0 amide bonds. The minimum Gasteiger partial charge on any atom is -0.363 e. The van der Waals surface area contributed by atoms with Gasteiger partial charge in [0.15, 0.2) is 0 Å². The van der Waals surface area contributed by atoms with Crippen molar-refractivity contribution in [2.45, 2.75) is 20.8 Å². The van der Waals surface area contributed by atoms with Crippen LogP contribution < -0.4 is 15.9 Å². The van der Waals surface area contributed by atoms with E-state index in [1.807, 2.05) is 26.1 Å². The molecule has 0 spiro atoms. The molecule has 1 aliphatic rings. The molecule has 1 aliphatic heterocycles. The summed E-state index contributed by atoms with van der Waals surface area (Å²) >= 11 is 0. The summed E-state index contributed by atoms with van der Waals surface area (Å²) in [4.78, 5) is 4.53. The zero-order valence-corrected chi connectivity index (χ0v) is 8.76. The number of hydrogen-bond donors (Lipinski definition) is 1. The molecule has 0 aromatic carbocycles. The summed E-state index contributed by atoms with van der Waals surface area (Å²) in [6.07, 6.45) is 4.15. The van der Waals surface area contributed by atoms with Gasteiger partial charge in [-0.15, -0.1) is 0 Å². The van der Waals surface area contributed by atoms with Crippen molar-refractivity contribution >= 4 is 11.8 Å². The monoisotopic (exact) mass is 186 g/mol. The van der Waals surface area contributed by atoms with Gasteiger partial charge in [-0.1, -0.05) is 6.07 Å². The summed E-state index contributed by atoms with van der Waals surface area (Å²) in [6, 6.07) is 4.16. The molecule has 2 heteroatoms. The van der Waals surface area contributed by atoms with E-state index < -0.39 is 0 Å². The molecule has 14 heavy (non-hydrogen) atoms. The Balaban J connectivity index is 2.84. The topological polar surface area (TPSA) is 24.9 Å². The molecular formula is C12H14N2. The number of hydrogen-bond acceptors (Lipinski definition) is 2. The van der Waals surface area contributed by atoms with E-state index in [9.17, 15) is 0 Å². The van der Waals surface area contributed by atoms with Gasteiger partial charge in [0.1, 0.15) is 0 Å². The van der Waals surface area contributed by atoms with Crippen molar-refractivity contribution in [3.8, 4) is 0 Å². The highest BCUT2D eigenvalue weighted by atomic mass is 14.9. The molecule has 1 N–H and O–H groups in total. The molecule has 0 saturated heterocycles. The Labute approximate surface area is 83.7 Å². The van der Waals surface area contributed by atoms with E-state index in [4.69, 9.17) is 0 Å². The van der Waals surface area contributed by atoms with E-state index in [2.05, 4.69) is 29.4 Å². The predicted molar refractivity (Wildman–Crippen MR) is 58.7 cm³/mol. The molecule has 0 fully saturated rings. The first-order chi connectivity index (χ1) is 6.66. The number of pyridine rings is 1. The number of nitrogens with one attached hydrogen (secondary N) is 1. The second-order valence-corrected chi connectivity index (χ2v) is 3.69. The number of aryl methyl sites for hydroxylation is 1. The van der Waals surface area contributed by atoms with Gasteiger partial charge in [-0.05, 0) is 38.5 Å². The van der Waals surface area contributed by atoms with Gasteiger partial charge in [0.25, 0.3) is 0 Å². The minimum atomic E-state index is 1.05. The van der Waals surface area contributed by atoms with Crippen LogP contribution in [0.25, 0.3) is 11.8 Å². The third-order valence-electron chi connectivity index (χ3n) is 2.32. The van der Waals surface area contributed by atoms with Crippen LogP contribution in [0.4, 0.5) is 0 Å². The van der Waals surface area contributed by atoms with Gasteiger partial charge in [-0.2, -0.15) is 0 Å². The maximum absolute atomic E-state index is 4.53. The maximum Gasteiger partial charge on any atom is 0.0894 e. The number of aromatic nitrogens is 1. The molecule has 1 aromatic heterocycles. The second-order valence-electron chi connectivity index (χ2n) is 3.69. The van der Waals surface area contributed by atoms with E-state index >= 15 is 0 Å². The molecule has 2 rings (SSSR count). The number of fused-ring (bicyclic) bond motifs is 1. The summed E-state index contributed by atoms with van der Waals surface area (Å²) in [5.41, 5.74) is 3.38. The van der Waals surface area contributed by atoms with Crippen molar-refractivity contribution in [3.05, 3.63) is 40.2 Å². The molecule has 1 aromatic rings. The Morgan fingerprint density at radius 1 is 1.14 bits per heavy atom. The number of nitrogens with zero attached hydrogens (tertiary/aromatic N) is 1. The van der Waals surface area contributed by atoms with Crippen LogP contribution in [0.3, 0.4) is 0 Å². The van der Waals surface area contributed by atoms with Gasteiger partial charge < -0.3 is 5.32 Å². The van der Waals surface area contributed by atoms with Crippen molar-refractivity contribution in [3.63, 3.8) is 0 Å². The quantitative estimate of drug-likeness (QED) is 0.648. The average Bonchev–Trinajstić information content (AvgIpc) is 2.29. The molecule has 0 unspecified atom stereocenters. The molecular weight excluding hydrogens is 172 g/mol. The lowest BCUT2D eigenvalue weighted by Crippen LogP contribution is -2.32. The molecule has 2 nitrogen and oxygen atoms in total. The summed E-state index contributed by atoms with van der Waals surface area (Å²) in [5, 5.41) is 5.48. The standard InChI is InChI=1S/C12H14N2/c1-8-6-11-5-4-9(2)14-12(11)10(3)13-7-8/h4-7,13H,1-3H3. The fourth-order valence-electron chi connectivity index (χ4n) is 1.56. The average molecular weight is 186 g/mol. The molecule has 0 saturated carbocycles. The molecule has 2 heterocycles. The number of rotatable bonds is 0. The van der Waals surface area contributed by atoms with Gasteiger partial charge in [0, 0.05) is 22.8 Å². The predicted octanol–water partition coefficient (Wildman–Crippen LogP) is 0.806. The third kappa shape index (κ3) is 1.55. The van der Waals surface area contributed by atoms with E-state index in [0.29, 0.717) is 0 Å². The Kier molecular flexibility index (Phi) is 2.12. The molecule has 0 bridgehead atoms. The highest BCUT2D eigenvalue weighted by molar-refractivity contribution is 5.52. The zero-order chi connectivity index (χ0) is 10.1. The molecule has 0 atom stereocenters. The minimum absolute atomic E-state index is 1.05. The van der Waals surface area contributed by atoms with E-state index in [0.717, 1.165) is 16.7 Å². The van der Waals surface area contributed by atoms with Crippen molar-refractivity contribution in [2.75, 3.05) is 0 Å². The van der Waals surface area contributed by atoms with Gasteiger partial charge in [0.05, 0.1) is 5.35 Å². The summed E-state index contributed by atoms with van der Waals surface area (Å²) < 4.78 is 0. The summed E-state index contributed by atoms with van der Waals surface area (Å²) in [6.45, 7) is 6.14. The lowest BCUT2D eigenvalue weighted by Gasteiger charge is -1.99. The SMILES string of the molecule is CC1=CNC(C)=c2nc(C)ccc2=C1. The summed E-state index contributed by atoms with van der Waals surface area (Å²) in [5.74, 6) is 0. The van der Waals surface area contributed by atoms with E-state index in [1.165, 1.54) is 10.8 Å². The normalized spacial score (nSPS) is 14.8. The lowest BCUT2D eigenvalue weighted by atomic mass is 10.2. The summed E-state index contributed by atoms with van der Waals surface area (Å²) in [7, 11) is 0. The van der Waals surface area contributed by atoms with Crippen LogP contribution in [0.5, 0.6) is 0 Å². The second kappa shape index (κ2) is 3.29. The highest BCUT2D eigenvalue weighted by Crippen LogP contribution is 1.96. The molecule has 72 valence electrons. The Morgan fingerprint density at radius 3 is 2.71 bits per heavy atom. The zero-order valence-electron chi connectivity index (χ0n) is 8.76. The Morgan fingerprint density at radius 2 is 1.93 bits per heavy atom. The van der Waals surface area contributed by atoms with Crippen LogP contribution >= 0.6 is 0 Å². The van der Waals surface area contributed by atoms with Crippen molar-refractivity contribution in [1.82, 2.24) is 10.3 Å². The van der Waals surface area contributed by atoms with Gasteiger partial charge in [-0.3, -0.25) is 4.98 Å². The third-order valence-corrected chi connectivity index (χ3v) is 2.32. The van der Waals surface area contributed by atoms with Crippen LogP contribution in [0.2, 0.25) is 0 Å². The van der Waals surface area contributed by atoms with Crippen molar-refractivity contribution < 1.29 is 0 Å². The fourth-order valence-corrected chi connectivity index (χ4v) is 1.56. The smallest absolute Gasteiger partial charge is 0.0894 e. The molecule has 0 aliphatic carbocycles. The van der Waals surface area contributed by atoms with Crippen molar-refractivity contribution in [1.29, 1.82) is 0 Å². The van der Waals surface area contributed by atoms with Crippen molar-refractivity contribution in [2.24, 2.45) is 0 Å². The van der Waals surface area contributed by atoms with Crippen LogP contribution in [-0.4, -0.2) is 4.98 Å². The van der Waals surface area contributed by atoms with Crippen LogP contribution in [0, 0.1) is 6.92 Å². The Hall–Kier alpha value is -1.57. The maximum atomic E-state index is 4.53. The first-order valence-corrected chi connectivity index (χ1v) is 4.76. The first kappa shape index (κ1) is 9.00. The number of allylic oxidation sites excluding steroid dienone is 1. The highest BCUT2D eigenvalue weighted by Gasteiger charge is 1.98. The van der Waals surface area contributed by atoms with Gasteiger partial charge >= 0.3 is 0 Å². The van der Waals surface area contributed by atoms with Gasteiger partial charge in [-0.25, -0.2) is 0 Å². The van der Waals surface area contributed by atoms with Gasteiger partial charge in [0.2, 0.25) is 0 Å². The first-order valence-electron chi connectivity index (χ1n) is 4.76. The van der Waals surface area contributed by atoms with Crippen LogP contribution in [-0.2, 0) is 0 Å². The van der Waals surface area contributed by atoms with E-state index in [1.54, 1.807) is 0 Å².